The van der Waals surface area contributed by atoms with Crippen LogP contribution in [0, 0.1) is 0 Å². The van der Waals surface area contributed by atoms with Crippen molar-refractivity contribution in [3.05, 3.63) is 0 Å². The van der Waals surface area contributed by atoms with E-state index in [0.29, 0.717) is 0 Å². The van der Waals surface area contributed by atoms with Gasteiger partial charge >= 0.3 is 7.82 Å². The molecule has 0 rings (SSSR count). The molecule has 0 unspecified atom stereocenters. The summed E-state index contributed by atoms with van der Waals surface area (Å²) < 4.78 is 10.1. The highest BCUT2D eigenvalue weighted by atomic mass is 31.2. The lowest BCUT2D eigenvalue weighted by molar-refractivity contribution is -0.890. The molecule has 0 aliphatic carbocycles. The maximum absolute atomic E-state index is 8.88. The molecule has 0 aliphatic heterocycles. The fourth-order valence-corrected chi connectivity index (χ4v) is 3.46. The molecule has 0 saturated heterocycles. The highest BCUT2D eigenvalue weighted by Gasteiger charge is 2.13. The molecule has 0 aromatic heterocycles. The largest absolute Gasteiger partial charge is 0.466 e. The number of quaternary nitrogens is 1. The minimum absolute atomic E-state index is 1.24. The van der Waals surface area contributed by atoms with Gasteiger partial charge in [0.25, 0.3) is 0 Å². The summed E-state index contributed by atoms with van der Waals surface area (Å²) in [6.45, 7) is 7.36. The predicted molar refractivity (Wildman–Crippen MR) is 121 cm³/mol. The van der Waals surface area contributed by atoms with Crippen molar-refractivity contribution in [3.8, 4) is 0 Å². The van der Waals surface area contributed by atoms with E-state index >= 15 is 0 Å². The number of phosphoric acid groups is 1. The molecule has 0 radical (unpaired) electrons. The van der Waals surface area contributed by atoms with Crippen molar-refractivity contribution >= 4 is 7.82 Å². The Morgan fingerprint density at radius 1 is 0.536 bits per heavy atom. The van der Waals surface area contributed by atoms with E-state index in [4.69, 9.17) is 19.2 Å². The van der Waals surface area contributed by atoms with Crippen LogP contribution in [0.3, 0.4) is 0 Å². The highest BCUT2D eigenvalue weighted by molar-refractivity contribution is 7.45. The quantitative estimate of drug-likeness (QED) is 0.135. The van der Waals surface area contributed by atoms with Gasteiger partial charge in [0, 0.05) is 0 Å². The Labute approximate surface area is 175 Å². The Morgan fingerprint density at radius 2 is 0.750 bits per heavy atom. The molecule has 0 spiro atoms. The van der Waals surface area contributed by atoms with E-state index in [-0.39, 0.29) is 0 Å². The molecule has 0 aromatic rings. The summed E-state index contributed by atoms with van der Waals surface area (Å²) in [4.78, 5) is 21.6. The van der Waals surface area contributed by atoms with Crippen molar-refractivity contribution in [2.75, 3.05) is 27.2 Å². The molecular formula is C22H51NO4P+. The van der Waals surface area contributed by atoms with Gasteiger partial charge in [0.2, 0.25) is 0 Å². The SMILES string of the molecule is CCCCCCCCCC[N+](C)(C)CCCCCCCCCC.O=P(O)(O)O. The van der Waals surface area contributed by atoms with Gasteiger partial charge in [0.05, 0.1) is 27.2 Å². The summed E-state index contributed by atoms with van der Waals surface area (Å²) in [5.74, 6) is 0. The third-order valence-corrected chi connectivity index (χ3v) is 5.23. The molecule has 172 valence electrons. The molecule has 0 aromatic carbocycles. The summed E-state index contributed by atoms with van der Waals surface area (Å²) in [5, 5.41) is 0. The Balaban J connectivity index is 0. The van der Waals surface area contributed by atoms with Crippen LogP contribution in [0.15, 0.2) is 0 Å². The number of nitrogens with zero attached hydrogens (tertiary/aromatic N) is 1. The van der Waals surface area contributed by atoms with Crippen molar-refractivity contribution in [1.29, 1.82) is 0 Å². The summed E-state index contributed by atoms with van der Waals surface area (Å²) in [6, 6.07) is 0. The van der Waals surface area contributed by atoms with E-state index in [2.05, 4.69) is 27.9 Å². The van der Waals surface area contributed by atoms with Crippen LogP contribution in [0.2, 0.25) is 0 Å². The monoisotopic (exact) mass is 424 g/mol. The van der Waals surface area contributed by atoms with Crippen LogP contribution in [0.5, 0.6) is 0 Å². The van der Waals surface area contributed by atoms with E-state index in [1.165, 1.54) is 120 Å². The van der Waals surface area contributed by atoms with Crippen molar-refractivity contribution in [2.45, 2.75) is 117 Å². The van der Waals surface area contributed by atoms with Gasteiger partial charge in [0.1, 0.15) is 0 Å². The average molecular weight is 425 g/mol. The second-order valence-corrected chi connectivity index (χ2v) is 9.87. The van der Waals surface area contributed by atoms with Gasteiger partial charge in [-0.2, -0.15) is 0 Å². The first kappa shape index (κ1) is 30.3. The van der Waals surface area contributed by atoms with Crippen molar-refractivity contribution in [1.82, 2.24) is 0 Å². The smallest absolute Gasteiger partial charge is 0.328 e. The predicted octanol–water partition coefficient (Wildman–Crippen LogP) is 6.42. The molecule has 28 heavy (non-hydrogen) atoms. The summed E-state index contributed by atoms with van der Waals surface area (Å²) >= 11 is 0. The number of hydrogen-bond donors (Lipinski definition) is 3. The molecule has 0 bridgehead atoms. The van der Waals surface area contributed by atoms with Crippen LogP contribution in [0.4, 0.5) is 0 Å². The molecule has 0 amide bonds. The fraction of sp³-hybridized carbons (Fsp3) is 1.00. The second kappa shape index (κ2) is 20.3. The lowest BCUT2D eigenvalue weighted by atomic mass is 10.1. The molecule has 0 heterocycles. The molecule has 0 saturated carbocycles. The maximum Gasteiger partial charge on any atom is 0.466 e. The lowest BCUT2D eigenvalue weighted by Crippen LogP contribution is -2.41. The van der Waals surface area contributed by atoms with Gasteiger partial charge in [-0.3, -0.25) is 0 Å². The molecule has 0 fully saturated rings. The van der Waals surface area contributed by atoms with Crippen LogP contribution >= 0.6 is 7.82 Å². The molecule has 6 heteroatoms. The van der Waals surface area contributed by atoms with Crippen LogP contribution in [-0.2, 0) is 4.57 Å². The summed E-state index contributed by atoms with van der Waals surface area (Å²) in [5.41, 5.74) is 0. The first-order chi connectivity index (χ1) is 13.1. The minimum atomic E-state index is -4.64. The zero-order valence-corrected chi connectivity index (χ0v) is 20.3. The third kappa shape index (κ3) is 33.6. The third-order valence-electron chi connectivity index (χ3n) is 5.23. The normalized spacial score (nSPS) is 12.0. The van der Waals surface area contributed by atoms with Crippen LogP contribution in [-0.4, -0.2) is 46.3 Å². The first-order valence-electron chi connectivity index (χ1n) is 11.7. The van der Waals surface area contributed by atoms with Gasteiger partial charge in [-0.25, -0.2) is 4.57 Å². The topological polar surface area (TPSA) is 77.8 Å². The van der Waals surface area contributed by atoms with Crippen LogP contribution in [0.25, 0.3) is 0 Å². The minimum Gasteiger partial charge on any atom is -0.328 e. The molecule has 3 N–H and O–H groups in total. The zero-order valence-electron chi connectivity index (χ0n) is 19.4. The van der Waals surface area contributed by atoms with Gasteiger partial charge in [-0.05, 0) is 25.7 Å². The van der Waals surface area contributed by atoms with E-state index in [1.54, 1.807) is 0 Å². The van der Waals surface area contributed by atoms with Crippen molar-refractivity contribution in [3.63, 3.8) is 0 Å². The van der Waals surface area contributed by atoms with Gasteiger partial charge in [-0.15, -0.1) is 0 Å². The lowest BCUT2D eigenvalue weighted by Gasteiger charge is -2.30. The van der Waals surface area contributed by atoms with E-state index in [1.807, 2.05) is 0 Å². The van der Waals surface area contributed by atoms with E-state index in [0.717, 1.165) is 0 Å². The van der Waals surface area contributed by atoms with Gasteiger partial charge < -0.3 is 19.2 Å². The number of hydrogen-bond acceptors (Lipinski definition) is 1. The highest BCUT2D eigenvalue weighted by Crippen LogP contribution is 2.25. The standard InChI is InChI=1S/C22H48N.H3O4P/c1-5-7-9-11-13-15-17-19-21-23(3,4)22-20-18-16-14-12-10-8-6-2;1-5(2,3)4/h5-22H2,1-4H3;(H3,1,2,3,4)/q+1;. The first-order valence-corrected chi connectivity index (χ1v) is 13.3. The van der Waals surface area contributed by atoms with Gasteiger partial charge in [-0.1, -0.05) is 90.9 Å². The van der Waals surface area contributed by atoms with Crippen molar-refractivity contribution < 1.29 is 23.7 Å². The summed E-state index contributed by atoms with van der Waals surface area (Å²) in [7, 11) is 0.227. The van der Waals surface area contributed by atoms with E-state index < -0.39 is 7.82 Å². The maximum atomic E-state index is 8.88. The Morgan fingerprint density at radius 3 is 1.00 bits per heavy atom. The molecular weight excluding hydrogens is 373 g/mol. The zero-order chi connectivity index (χ0) is 21.7. The Kier molecular flexibility index (Phi) is 22.0. The van der Waals surface area contributed by atoms with Gasteiger partial charge in [0.15, 0.2) is 0 Å². The second-order valence-electron chi connectivity index (χ2n) is 8.85. The number of rotatable bonds is 18. The summed E-state index contributed by atoms with van der Waals surface area (Å²) in [6.07, 6.45) is 23.0. The Hall–Kier alpha value is 0.0700. The molecule has 0 aliphatic rings. The average Bonchev–Trinajstić information content (AvgIpc) is 2.58. The molecule has 0 atom stereocenters. The fourth-order valence-electron chi connectivity index (χ4n) is 3.46. The Bertz CT molecular complexity index is 328. The van der Waals surface area contributed by atoms with E-state index in [9.17, 15) is 0 Å². The van der Waals surface area contributed by atoms with Crippen LogP contribution in [0.1, 0.15) is 117 Å². The van der Waals surface area contributed by atoms with Crippen LogP contribution < -0.4 is 0 Å². The number of unbranched alkanes of at least 4 members (excludes halogenated alkanes) is 14. The van der Waals surface area contributed by atoms with Crippen molar-refractivity contribution in [2.24, 2.45) is 0 Å². The molecule has 5 nitrogen and oxygen atoms in total.